The fourth-order valence-corrected chi connectivity index (χ4v) is 6.64. The van der Waals surface area contributed by atoms with Crippen LogP contribution in [0.5, 0.6) is 0 Å². The van der Waals surface area contributed by atoms with Gasteiger partial charge in [0.1, 0.15) is 5.65 Å². The zero-order chi connectivity index (χ0) is 27.6. The van der Waals surface area contributed by atoms with Gasteiger partial charge in [-0.05, 0) is 52.9 Å². The maximum Gasteiger partial charge on any atom is 0.145 e. The Hall–Kier alpha value is -5.67. The topological polar surface area (TPSA) is 22.2 Å². The molecule has 3 nitrogen and oxygen atoms in total. The standard InChI is InChI=1S/C39H25N3/c1-2-10-29(11-3-1)41-35-16-8-7-14-32(35)34-24-28(22-23-37(34)41)26-18-20-27(21-19-26)38-25-40-39-33-15-5-4-12-30(33)31-13-6-9-17-36(31)42(38)39/h1-25H. The lowest BCUT2D eigenvalue weighted by atomic mass is 10.0. The molecule has 0 bridgehead atoms. The summed E-state index contributed by atoms with van der Waals surface area (Å²) in [6.07, 6.45) is 2.01. The van der Waals surface area contributed by atoms with E-state index in [1.54, 1.807) is 0 Å². The molecular weight excluding hydrogens is 510 g/mol. The first-order chi connectivity index (χ1) is 20.8. The Labute approximate surface area is 242 Å². The van der Waals surface area contributed by atoms with Crippen LogP contribution in [0.15, 0.2) is 152 Å². The van der Waals surface area contributed by atoms with Crippen molar-refractivity contribution in [2.24, 2.45) is 0 Å². The molecule has 196 valence electrons. The van der Waals surface area contributed by atoms with Crippen LogP contribution in [0.25, 0.3) is 77.2 Å². The molecule has 9 aromatic rings. The molecule has 3 heterocycles. The molecule has 0 unspecified atom stereocenters. The molecule has 0 saturated heterocycles. The normalized spacial score (nSPS) is 11.8. The Balaban J connectivity index is 1.18. The molecule has 6 aromatic carbocycles. The summed E-state index contributed by atoms with van der Waals surface area (Å²) in [5, 5.41) is 6.16. The highest BCUT2D eigenvalue weighted by Gasteiger charge is 2.15. The Morgan fingerprint density at radius 3 is 1.76 bits per heavy atom. The highest BCUT2D eigenvalue weighted by atomic mass is 15.0. The van der Waals surface area contributed by atoms with Crippen molar-refractivity contribution in [2.75, 3.05) is 0 Å². The van der Waals surface area contributed by atoms with Gasteiger partial charge >= 0.3 is 0 Å². The highest BCUT2D eigenvalue weighted by molar-refractivity contribution is 6.12. The quantitative estimate of drug-likeness (QED) is 0.206. The maximum atomic E-state index is 4.90. The minimum absolute atomic E-state index is 0.989. The minimum Gasteiger partial charge on any atom is -0.309 e. The number of rotatable bonds is 3. The number of hydrogen-bond acceptors (Lipinski definition) is 1. The van der Waals surface area contributed by atoms with Crippen molar-refractivity contribution in [3.05, 3.63) is 152 Å². The summed E-state index contributed by atoms with van der Waals surface area (Å²) in [7, 11) is 0. The smallest absolute Gasteiger partial charge is 0.145 e. The average Bonchev–Trinajstić information content (AvgIpc) is 3.66. The number of aromatic nitrogens is 3. The summed E-state index contributed by atoms with van der Waals surface area (Å²) in [6.45, 7) is 0. The third-order valence-corrected chi connectivity index (χ3v) is 8.57. The van der Waals surface area contributed by atoms with E-state index in [-0.39, 0.29) is 0 Å². The molecule has 3 heteroatoms. The van der Waals surface area contributed by atoms with Crippen molar-refractivity contribution >= 4 is 49.1 Å². The highest BCUT2D eigenvalue weighted by Crippen LogP contribution is 2.36. The third-order valence-electron chi connectivity index (χ3n) is 8.57. The predicted octanol–water partition coefficient (Wildman–Crippen LogP) is 10.1. The van der Waals surface area contributed by atoms with Crippen LogP contribution in [0, 0.1) is 0 Å². The molecule has 0 fully saturated rings. The second kappa shape index (κ2) is 8.92. The van der Waals surface area contributed by atoms with E-state index in [0.717, 1.165) is 16.9 Å². The maximum absolute atomic E-state index is 4.90. The van der Waals surface area contributed by atoms with Gasteiger partial charge in [-0.1, -0.05) is 109 Å². The number of imidazole rings is 1. The Bertz CT molecular complexity index is 2450. The molecule has 3 aromatic heterocycles. The first-order valence-electron chi connectivity index (χ1n) is 14.3. The molecule has 0 atom stereocenters. The van der Waals surface area contributed by atoms with E-state index in [0.29, 0.717) is 0 Å². The second-order valence-corrected chi connectivity index (χ2v) is 10.9. The minimum atomic E-state index is 0.989. The zero-order valence-electron chi connectivity index (χ0n) is 22.8. The molecular formula is C39H25N3. The van der Waals surface area contributed by atoms with Gasteiger partial charge < -0.3 is 4.57 Å². The van der Waals surface area contributed by atoms with Crippen LogP contribution in [0.4, 0.5) is 0 Å². The van der Waals surface area contributed by atoms with Crippen molar-refractivity contribution in [2.45, 2.75) is 0 Å². The van der Waals surface area contributed by atoms with E-state index in [4.69, 9.17) is 4.98 Å². The van der Waals surface area contributed by atoms with Crippen LogP contribution in [0.3, 0.4) is 0 Å². The monoisotopic (exact) mass is 535 g/mol. The number of fused-ring (bicyclic) bond motifs is 9. The fourth-order valence-electron chi connectivity index (χ4n) is 6.64. The molecule has 0 aliphatic heterocycles. The molecule has 0 aliphatic carbocycles. The fraction of sp³-hybridized carbons (Fsp3) is 0. The van der Waals surface area contributed by atoms with Crippen LogP contribution < -0.4 is 0 Å². The number of hydrogen-bond donors (Lipinski definition) is 0. The molecule has 0 radical (unpaired) electrons. The van der Waals surface area contributed by atoms with E-state index in [1.165, 1.54) is 60.3 Å². The number of pyridine rings is 1. The summed E-state index contributed by atoms with van der Waals surface area (Å²) in [4.78, 5) is 4.90. The third kappa shape index (κ3) is 3.31. The van der Waals surface area contributed by atoms with Crippen molar-refractivity contribution < 1.29 is 0 Å². The lowest BCUT2D eigenvalue weighted by Gasteiger charge is -2.11. The molecule has 0 N–H and O–H groups in total. The second-order valence-electron chi connectivity index (χ2n) is 10.9. The van der Waals surface area contributed by atoms with Crippen LogP contribution in [-0.4, -0.2) is 14.0 Å². The first kappa shape index (κ1) is 23.1. The summed E-state index contributed by atoms with van der Waals surface area (Å²) >= 11 is 0. The van der Waals surface area contributed by atoms with Crippen LogP contribution >= 0.6 is 0 Å². The van der Waals surface area contributed by atoms with E-state index >= 15 is 0 Å². The summed E-state index contributed by atoms with van der Waals surface area (Å²) in [5.74, 6) is 0. The van der Waals surface area contributed by atoms with Crippen molar-refractivity contribution in [1.82, 2.24) is 14.0 Å². The first-order valence-corrected chi connectivity index (χ1v) is 14.3. The van der Waals surface area contributed by atoms with E-state index in [2.05, 4.69) is 155 Å². The van der Waals surface area contributed by atoms with Gasteiger partial charge in [-0.3, -0.25) is 4.40 Å². The van der Waals surface area contributed by atoms with Gasteiger partial charge in [0, 0.05) is 32.8 Å². The molecule has 0 amide bonds. The van der Waals surface area contributed by atoms with Crippen LogP contribution in [0.2, 0.25) is 0 Å². The van der Waals surface area contributed by atoms with Crippen molar-refractivity contribution in [3.8, 4) is 28.1 Å². The van der Waals surface area contributed by atoms with E-state index < -0.39 is 0 Å². The summed E-state index contributed by atoms with van der Waals surface area (Å²) in [6, 6.07) is 52.2. The largest absolute Gasteiger partial charge is 0.309 e. The van der Waals surface area contributed by atoms with Gasteiger partial charge in [0.2, 0.25) is 0 Å². The van der Waals surface area contributed by atoms with Crippen LogP contribution in [0.1, 0.15) is 0 Å². The van der Waals surface area contributed by atoms with Gasteiger partial charge in [-0.15, -0.1) is 0 Å². The van der Waals surface area contributed by atoms with Crippen molar-refractivity contribution in [1.29, 1.82) is 0 Å². The van der Waals surface area contributed by atoms with Gasteiger partial charge in [0.05, 0.1) is 28.4 Å². The molecule has 0 saturated carbocycles. The van der Waals surface area contributed by atoms with Gasteiger partial charge in [-0.2, -0.15) is 0 Å². The summed E-state index contributed by atoms with van der Waals surface area (Å²) < 4.78 is 4.66. The van der Waals surface area contributed by atoms with Gasteiger partial charge in [0.15, 0.2) is 0 Å². The Morgan fingerprint density at radius 1 is 0.405 bits per heavy atom. The Morgan fingerprint density at radius 2 is 0.976 bits per heavy atom. The van der Waals surface area contributed by atoms with E-state index in [1.807, 2.05) is 6.20 Å². The number of nitrogens with zero attached hydrogens (tertiary/aromatic N) is 3. The molecule has 42 heavy (non-hydrogen) atoms. The van der Waals surface area contributed by atoms with Gasteiger partial charge in [0.25, 0.3) is 0 Å². The van der Waals surface area contributed by atoms with Crippen LogP contribution in [-0.2, 0) is 0 Å². The zero-order valence-corrected chi connectivity index (χ0v) is 22.8. The SMILES string of the molecule is c1ccc(-n2c3ccccc3c3cc(-c4ccc(-c5cnc6c7ccccc7c7ccccc7n56)cc4)ccc32)cc1. The predicted molar refractivity (Wildman–Crippen MR) is 175 cm³/mol. The van der Waals surface area contributed by atoms with Crippen molar-refractivity contribution in [3.63, 3.8) is 0 Å². The summed E-state index contributed by atoms with van der Waals surface area (Å²) in [5.41, 5.74) is 10.4. The molecule has 0 aliphatic rings. The number of para-hydroxylation sites is 3. The molecule has 9 rings (SSSR count). The average molecular weight is 536 g/mol. The Kier molecular flexibility index (Phi) is 4.90. The van der Waals surface area contributed by atoms with E-state index in [9.17, 15) is 0 Å². The number of benzene rings is 6. The lowest BCUT2D eigenvalue weighted by Crippen LogP contribution is -1.93. The van der Waals surface area contributed by atoms with Gasteiger partial charge in [-0.25, -0.2) is 4.98 Å². The molecule has 0 spiro atoms. The lowest BCUT2D eigenvalue weighted by molar-refractivity contribution is 1.18.